The fourth-order valence-electron chi connectivity index (χ4n) is 5.42. The van der Waals surface area contributed by atoms with Crippen LogP contribution in [0.25, 0.3) is 0 Å². The summed E-state index contributed by atoms with van der Waals surface area (Å²) >= 11 is 6.63. The summed E-state index contributed by atoms with van der Waals surface area (Å²) in [6.07, 6.45) is 6.94. The van der Waals surface area contributed by atoms with Gasteiger partial charge in [-0.2, -0.15) is 0 Å². The van der Waals surface area contributed by atoms with E-state index in [1.165, 1.54) is 12.7 Å². The molecule has 2 aliphatic rings. The largest absolute Gasteiger partial charge is 0.484 e. The number of hydrogen-bond donors (Lipinski definition) is 2. The van der Waals surface area contributed by atoms with E-state index in [0.717, 1.165) is 62.1 Å². The number of carbonyl (C=O) groups is 2. The van der Waals surface area contributed by atoms with Crippen molar-refractivity contribution in [1.82, 2.24) is 30.1 Å². The Balaban J connectivity index is 1.07. The van der Waals surface area contributed by atoms with Crippen molar-refractivity contribution in [3.8, 4) is 5.75 Å². The van der Waals surface area contributed by atoms with Crippen LogP contribution in [0.15, 0.2) is 41.5 Å². The van der Waals surface area contributed by atoms with Gasteiger partial charge in [-0.15, -0.1) is 0 Å². The molecule has 2 amide bonds. The summed E-state index contributed by atoms with van der Waals surface area (Å²) in [6, 6.07) is 5.56. The second kappa shape index (κ2) is 13.4. The van der Waals surface area contributed by atoms with Crippen molar-refractivity contribution >= 4 is 23.4 Å². The maximum atomic E-state index is 12.8. The number of aliphatic hydroxyl groups excluding tert-OH is 1. The van der Waals surface area contributed by atoms with Gasteiger partial charge in [-0.25, -0.2) is 15.0 Å². The monoisotopic (exact) mass is 582 g/mol. The van der Waals surface area contributed by atoms with Gasteiger partial charge < -0.3 is 24.5 Å². The normalized spacial score (nSPS) is 16.7. The van der Waals surface area contributed by atoms with E-state index < -0.39 is 6.10 Å². The molecule has 2 aliphatic heterocycles. The summed E-state index contributed by atoms with van der Waals surface area (Å²) in [7, 11) is 0. The van der Waals surface area contributed by atoms with E-state index in [2.05, 4.69) is 25.2 Å². The summed E-state index contributed by atoms with van der Waals surface area (Å²) in [5.41, 5.74) is 3.23. The van der Waals surface area contributed by atoms with E-state index in [-0.39, 0.29) is 30.7 Å². The minimum atomic E-state index is -0.742. The standard InChI is InChI=1S/C29H35ClN6O5/c1-19(37)36-8-4-20(5-9-36)10-22-11-26(34-17-33-22)29(39)32-12-23(38)15-35-7-6-25-21(14-35)2-3-27(28(25)30)40-16-24-13-31-18-41-24/h2-3,11,13,17-18,20,23,38H,4-10,12,14-16H2,1H3,(H,32,39)/t23-/m0/s1. The van der Waals surface area contributed by atoms with Gasteiger partial charge in [0, 0.05) is 51.9 Å². The number of likely N-dealkylation sites (tertiary alicyclic amines) is 1. The number of fused-ring (bicyclic) bond motifs is 1. The van der Waals surface area contributed by atoms with Crippen LogP contribution in [-0.4, -0.2) is 80.5 Å². The number of nitrogens with zero attached hydrogens (tertiary/aromatic N) is 5. The molecule has 2 aromatic heterocycles. The van der Waals surface area contributed by atoms with Crippen LogP contribution in [0.3, 0.4) is 0 Å². The Labute approximate surface area is 243 Å². The van der Waals surface area contributed by atoms with Gasteiger partial charge in [0.2, 0.25) is 5.91 Å². The number of carbonyl (C=O) groups excluding carboxylic acids is 2. The van der Waals surface area contributed by atoms with Crippen LogP contribution in [0.2, 0.25) is 5.02 Å². The van der Waals surface area contributed by atoms with Crippen molar-refractivity contribution in [3.05, 3.63) is 70.4 Å². The molecule has 0 radical (unpaired) electrons. The molecular weight excluding hydrogens is 548 g/mol. The summed E-state index contributed by atoms with van der Waals surface area (Å²) < 4.78 is 11.0. The number of aliphatic hydroxyl groups is 1. The average Bonchev–Trinajstić information content (AvgIpc) is 3.50. The SMILES string of the molecule is CC(=O)N1CCC(Cc2cc(C(=O)NC[C@H](O)CN3CCc4c(ccc(OCc5cnco5)c4Cl)C3)ncn2)CC1. The van der Waals surface area contributed by atoms with Gasteiger partial charge in [0.25, 0.3) is 5.91 Å². The summed E-state index contributed by atoms with van der Waals surface area (Å²) in [5, 5.41) is 14.1. The Morgan fingerprint density at radius 1 is 1.24 bits per heavy atom. The van der Waals surface area contributed by atoms with Crippen LogP contribution in [0, 0.1) is 5.92 Å². The van der Waals surface area contributed by atoms with Crippen molar-refractivity contribution in [2.24, 2.45) is 5.92 Å². The number of hydrogen-bond acceptors (Lipinski definition) is 9. The maximum Gasteiger partial charge on any atom is 0.270 e. The number of nitrogens with one attached hydrogen (secondary N) is 1. The van der Waals surface area contributed by atoms with Crippen LogP contribution < -0.4 is 10.1 Å². The molecule has 0 saturated carbocycles. The lowest BCUT2D eigenvalue weighted by Gasteiger charge is -2.31. The minimum absolute atomic E-state index is 0.111. The molecule has 1 fully saturated rings. The predicted octanol–water partition coefficient (Wildman–Crippen LogP) is 2.65. The van der Waals surface area contributed by atoms with Crippen molar-refractivity contribution in [2.75, 3.05) is 32.7 Å². The maximum absolute atomic E-state index is 12.8. The molecule has 0 bridgehead atoms. The number of piperidine rings is 1. The van der Waals surface area contributed by atoms with Gasteiger partial charge in [-0.05, 0) is 54.9 Å². The highest BCUT2D eigenvalue weighted by atomic mass is 35.5. The number of aromatic nitrogens is 3. The zero-order valence-corrected chi connectivity index (χ0v) is 23.8. The average molecular weight is 583 g/mol. The molecule has 4 heterocycles. The zero-order chi connectivity index (χ0) is 28.8. The first-order valence-electron chi connectivity index (χ1n) is 13.9. The topological polar surface area (TPSA) is 134 Å². The summed E-state index contributed by atoms with van der Waals surface area (Å²) in [5.74, 6) is 1.41. The van der Waals surface area contributed by atoms with Gasteiger partial charge in [0.05, 0.1) is 17.3 Å². The summed E-state index contributed by atoms with van der Waals surface area (Å²) in [4.78, 5) is 40.7. The van der Waals surface area contributed by atoms with Crippen LogP contribution in [0.4, 0.5) is 0 Å². The number of oxazole rings is 1. The second-order valence-corrected chi connectivity index (χ2v) is 11.0. The Kier molecular flexibility index (Phi) is 9.48. The van der Waals surface area contributed by atoms with E-state index in [9.17, 15) is 14.7 Å². The molecule has 12 heteroatoms. The zero-order valence-electron chi connectivity index (χ0n) is 23.1. The van der Waals surface area contributed by atoms with Gasteiger partial charge in [-0.3, -0.25) is 14.5 Å². The number of ether oxygens (including phenoxy) is 1. The lowest BCUT2D eigenvalue weighted by Crippen LogP contribution is -2.42. The number of β-amino-alcohol motifs (C(OH)–C–C–N with tert-alkyl or cyclic N) is 1. The Morgan fingerprint density at radius 3 is 2.83 bits per heavy atom. The molecule has 2 N–H and O–H groups in total. The van der Waals surface area contributed by atoms with E-state index in [4.69, 9.17) is 20.8 Å². The lowest BCUT2D eigenvalue weighted by atomic mass is 9.92. The smallest absolute Gasteiger partial charge is 0.270 e. The molecule has 0 spiro atoms. The van der Waals surface area contributed by atoms with E-state index in [1.807, 2.05) is 17.0 Å². The van der Waals surface area contributed by atoms with Gasteiger partial charge in [-0.1, -0.05) is 17.7 Å². The van der Waals surface area contributed by atoms with Crippen molar-refractivity contribution in [3.63, 3.8) is 0 Å². The highest BCUT2D eigenvalue weighted by Gasteiger charge is 2.24. The third-order valence-corrected chi connectivity index (χ3v) is 8.13. The van der Waals surface area contributed by atoms with Crippen LogP contribution in [-0.2, 0) is 30.8 Å². The second-order valence-electron chi connectivity index (χ2n) is 10.7. The Bertz CT molecular complexity index is 1350. The third kappa shape index (κ3) is 7.60. The van der Waals surface area contributed by atoms with Gasteiger partial charge >= 0.3 is 0 Å². The Hall–Kier alpha value is -3.54. The first-order valence-corrected chi connectivity index (χ1v) is 14.3. The first-order chi connectivity index (χ1) is 19.9. The fourth-order valence-corrected chi connectivity index (χ4v) is 5.76. The molecule has 1 aromatic carbocycles. The minimum Gasteiger partial charge on any atom is -0.484 e. The predicted molar refractivity (Wildman–Crippen MR) is 150 cm³/mol. The van der Waals surface area contributed by atoms with E-state index in [0.29, 0.717) is 35.5 Å². The van der Waals surface area contributed by atoms with Crippen molar-refractivity contribution in [1.29, 1.82) is 0 Å². The molecule has 41 heavy (non-hydrogen) atoms. The molecule has 3 aromatic rings. The van der Waals surface area contributed by atoms with Gasteiger partial charge in [0.15, 0.2) is 12.2 Å². The van der Waals surface area contributed by atoms with Crippen LogP contribution in [0.5, 0.6) is 5.75 Å². The third-order valence-electron chi connectivity index (χ3n) is 7.71. The number of halogens is 1. The molecule has 11 nitrogen and oxygen atoms in total. The molecule has 218 valence electrons. The fraction of sp³-hybridized carbons (Fsp3) is 0.483. The highest BCUT2D eigenvalue weighted by molar-refractivity contribution is 6.33. The highest BCUT2D eigenvalue weighted by Crippen LogP contribution is 2.34. The molecule has 0 unspecified atom stereocenters. The van der Waals surface area contributed by atoms with E-state index >= 15 is 0 Å². The molecular formula is C29H35ClN6O5. The van der Waals surface area contributed by atoms with E-state index in [1.54, 1.807) is 19.2 Å². The van der Waals surface area contributed by atoms with Gasteiger partial charge in [0.1, 0.15) is 24.4 Å². The van der Waals surface area contributed by atoms with Crippen molar-refractivity contribution in [2.45, 2.75) is 51.9 Å². The lowest BCUT2D eigenvalue weighted by molar-refractivity contribution is -0.130. The quantitative estimate of drug-likeness (QED) is 0.370. The van der Waals surface area contributed by atoms with Crippen molar-refractivity contribution < 1.29 is 23.8 Å². The Morgan fingerprint density at radius 2 is 2.07 bits per heavy atom. The number of amides is 2. The molecule has 1 saturated heterocycles. The molecule has 0 aliphatic carbocycles. The van der Waals surface area contributed by atoms with Crippen LogP contribution >= 0.6 is 11.6 Å². The first kappa shape index (κ1) is 29.0. The summed E-state index contributed by atoms with van der Waals surface area (Å²) in [6.45, 7) is 5.25. The number of rotatable bonds is 10. The molecule has 5 rings (SSSR count). The number of benzene rings is 1. The molecule has 1 atom stereocenters. The van der Waals surface area contributed by atoms with Crippen LogP contribution in [0.1, 0.15) is 52.8 Å².